The minimum atomic E-state index is -1.16. The number of carboxylic acid groups (broad SMARTS) is 1. The van der Waals surface area contributed by atoms with Gasteiger partial charge in [-0.25, -0.2) is 4.79 Å². The summed E-state index contributed by atoms with van der Waals surface area (Å²) in [5.41, 5.74) is -0.163. The number of nitrogens with zero attached hydrogens (tertiary/aromatic N) is 1. The first-order valence-corrected chi connectivity index (χ1v) is 3.05. The van der Waals surface area contributed by atoms with Crippen LogP contribution in [-0.2, 0) is 0 Å². The minimum absolute atomic E-state index is 0.0139. The van der Waals surface area contributed by atoms with Gasteiger partial charge in [-0.05, 0) is 0 Å². The lowest BCUT2D eigenvalue weighted by Gasteiger charge is -1.90. The molecule has 0 atom stereocenters. The Bertz CT molecular complexity index is 283. The molecule has 1 aromatic heterocycles. The van der Waals surface area contributed by atoms with Crippen molar-refractivity contribution >= 4 is 17.6 Å². The maximum absolute atomic E-state index is 10.3. The zero-order valence-corrected chi connectivity index (χ0v) is 6.34. The van der Waals surface area contributed by atoms with E-state index in [9.17, 15) is 4.79 Å². The third-order valence-electron chi connectivity index (χ3n) is 1.08. The topological polar surface area (TPSA) is 75.2 Å². The Kier molecular flexibility index (Phi) is 2.00. The molecule has 1 aromatic rings. The number of hydrogen-bond acceptors (Lipinski definition) is 3. The van der Waals surface area contributed by atoms with Crippen LogP contribution < -0.4 is 4.74 Å². The van der Waals surface area contributed by atoms with Crippen molar-refractivity contribution in [3.63, 3.8) is 0 Å². The second-order valence-corrected chi connectivity index (χ2v) is 2.10. The quantitative estimate of drug-likeness (QED) is 0.698. The SMILES string of the molecule is COc1n[nH]c(C(=O)O)c1Cl. The lowest BCUT2D eigenvalue weighted by Crippen LogP contribution is -1.96. The summed E-state index contributed by atoms with van der Waals surface area (Å²) in [7, 11) is 1.35. The molecular formula is C5H5ClN2O3. The largest absolute Gasteiger partial charge is 0.479 e. The van der Waals surface area contributed by atoms with Crippen LogP contribution in [-0.4, -0.2) is 28.4 Å². The fraction of sp³-hybridized carbons (Fsp3) is 0.200. The number of carbonyl (C=O) groups is 1. The first kappa shape index (κ1) is 7.87. The third kappa shape index (κ3) is 1.27. The molecule has 6 heteroatoms. The average Bonchev–Trinajstić information content (AvgIpc) is 2.30. The Hall–Kier alpha value is -1.23. The summed E-state index contributed by atoms with van der Waals surface area (Å²) in [4.78, 5) is 10.3. The van der Waals surface area contributed by atoms with E-state index in [0.29, 0.717) is 0 Å². The minimum Gasteiger partial charge on any atom is -0.479 e. The highest BCUT2D eigenvalue weighted by Gasteiger charge is 2.16. The fourth-order valence-corrected chi connectivity index (χ4v) is 0.831. The van der Waals surface area contributed by atoms with Crippen molar-refractivity contribution in [2.45, 2.75) is 0 Å². The Morgan fingerprint density at radius 1 is 1.82 bits per heavy atom. The Balaban J connectivity index is 3.10. The molecule has 0 aliphatic heterocycles. The number of halogens is 1. The Labute approximate surface area is 66.9 Å². The van der Waals surface area contributed by atoms with Crippen molar-refractivity contribution in [2.24, 2.45) is 0 Å². The van der Waals surface area contributed by atoms with Gasteiger partial charge in [-0.1, -0.05) is 11.6 Å². The molecule has 0 aromatic carbocycles. The van der Waals surface area contributed by atoms with Crippen LogP contribution >= 0.6 is 11.6 Å². The van der Waals surface area contributed by atoms with E-state index in [0.717, 1.165) is 0 Å². The van der Waals surface area contributed by atoms with Crippen LogP contribution in [0.1, 0.15) is 10.5 Å². The number of aromatic nitrogens is 2. The molecule has 60 valence electrons. The normalized spacial score (nSPS) is 9.64. The molecule has 0 aliphatic carbocycles. The van der Waals surface area contributed by atoms with Gasteiger partial charge in [0, 0.05) is 0 Å². The first-order chi connectivity index (χ1) is 5.16. The van der Waals surface area contributed by atoms with Gasteiger partial charge in [-0.15, -0.1) is 5.10 Å². The molecule has 0 radical (unpaired) electrons. The van der Waals surface area contributed by atoms with Gasteiger partial charge in [-0.2, -0.15) is 0 Å². The zero-order valence-electron chi connectivity index (χ0n) is 5.59. The number of H-pyrrole nitrogens is 1. The highest BCUT2D eigenvalue weighted by molar-refractivity contribution is 6.34. The number of ether oxygens (including phenoxy) is 1. The van der Waals surface area contributed by atoms with Crippen molar-refractivity contribution in [1.82, 2.24) is 10.2 Å². The molecule has 0 saturated heterocycles. The summed E-state index contributed by atoms with van der Waals surface area (Å²) in [5.74, 6) is -1.07. The molecule has 2 N–H and O–H groups in total. The van der Waals surface area contributed by atoms with Gasteiger partial charge in [0.1, 0.15) is 5.02 Å². The van der Waals surface area contributed by atoms with E-state index in [-0.39, 0.29) is 16.6 Å². The van der Waals surface area contributed by atoms with Gasteiger partial charge >= 0.3 is 5.97 Å². The summed E-state index contributed by atoms with van der Waals surface area (Å²) >= 11 is 5.52. The predicted molar refractivity (Wildman–Crippen MR) is 37.1 cm³/mol. The smallest absolute Gasteiger partial charge is 0.355 e. The molecule has 0 spiro atoms. The van der Waals surface area contributed by atoms with Crippen LogP contribution in [0.15, 0.2) is 0 Å². The van der Waals surface area contributed by atoms with Crippen molar-refractivity contribution in [1.29, 1.82) is 0 Å². The van der Waals surface area contributed by atoms with Crippen LogP contribution in [0, 0.1) is 0 Å². The van der Waals surface area contributed by atoms with Crippen molar-refractivity contribution in [2.75, 3.05) is 7.11 Å². The number of carboxylic acids is 1. The number of rotatable bonds is 2. The maximum atomic E-state index is 10.3. The Morgan fingerprint density at radius 2 is 2.45 bits per heavy atom. The molecule has 1 rings (SSSR count). The lowest BCUT2D eigenvalue weighted by molar-refractivity contribution is 0.0690. The van der Waals surface area contributed by atoms with Gasteiger partial charge in [0.15, 0.2) is 5.69 Å². The number of nitrogens with one attached hydrogen (secondary N) is 1. The standard InChI is InChI=1S/C5H5ClN2O3/c1-11-4-2(6)3(5(9)10)7-8-4/h1H3,(H,7,8)(H,9,10). The van der Waals surface area contributed by atoms with Gasteiger partial charge in [-0.3, -0.25) is 5.10 Å². The van der Waals surface area contributed by atoms with Crippen LogP contribution in [0.25, 0.3) is 0 Å². The van der Waals surface area contributed by atoms with E-state index in [2.05, 4.69) is 14.9 Å². The highest BCUT2D eigenvalue weighted by atomic mass is 35.5. The predicted octanol–water partition coefficient (Wildman–Crippen LogP) is 0.770. The fourth-order valence-electron chi connectivity index (χ4n) is 0.589. The van der Waals surface area contributed by atoms with Crippen molar-refractivity contribution in [3.05, 3.63) is 10.7 Å². The Morgan fingerprint density at radius 3 is 2.73 bits per heavy atom. The number of aromatic amines is 1. The summed E-state index contributed by atoms with van der Waals surface area (Å²) in [6, 6.07) is 0. The van der Waals surface area contributed by atoms with Crippen LogP contribution in [0.5, 0.6) is 5.88 Å². The molecule has 0 aliphatic rings. The molecular weight excluding hydrogens is 172 g/mol. The molecule has 5 nitrogen and oxygen atoms in total. The van der Waals surface area contributed by atoms with Gasteiger partial charge in [0.05, 0.1) is 7.11 Å². The van der Waals surface area contributed by atoms with Gasteiger partial charge < -0.3 is 9.84 Å². The summed E-state index contributed by atoms with van der Waals surface area (Å²) in [5, 5.41) is 14.2. The molecule has 0 amide bonds. The first-order valence-electron chi connectivity index (χ1n) is 2.68. The molecule has 11 heavy (non-hydrogen) atoms. The van der Waals surface area contributed by atoms with E-state index in [4.69, 9.17) is 16.7 Å². The monoisotopic (exact) mass is 176 g/mol. The second kappa shape index (κ2) is 2.79. The van der Waals surface area contributed by atoms with E-state index in [1.165, 1.54) is 7.11 Å². The molecule has 0 unspecified atom stereocenters. The number of hydrogen-bond donors (Lipinski definition) is 2. The maximum Gasteiger partial charge on any atom is 0.355 e. The summed E-state index contributed by atoms with van der Waals surface area (Å²) in [6.45, 7) is 0. The second-order valence-electron chi connectivity index (χ2n) is 1.73. The molecule has 0 saturated carbocycles. The molecule has 0 bridgehead atoms. The van der Waals surface area contributed by atoms with E-state index >= 15 is 0 Å². The molecule has 0 fully saturated rings. The van der Waals surface area contributed by atoms with Gasteiger partial charge in [0.25, 0.3) is 5.88 Å². The van der Waals surface area contributed by atoms with Crippen molar-refractivity contribution in [3.8, 4) is 5.88 Å². The van der Waals surface area contributed by atoms with E-state index in [1.807, 2.05) is 0 Å². The average molecular weight is 177 g/mol. The lowest BCUT2D eigenvalue weighted by atomic mass is 10.4. The highest BCUT2D eigenvalue weighted by Crippen LogP contribution is 2.24. The summed E-state index contributed by atoms with van der Waals surface area (Å²) in [6.07, 6.45) is 0. The zero-order chi connectivity index (χ0) is 8.43. The van der Waals surface area contributed by atoms with E-state index in [1.54, 1.807) is 0 Å². The van der Waals surface area contributed by atoms with Crippen LogP contribution in [0.4, 0.5) is 0 Å². The van der Waals surface area contributed by atoms with Gasteiger partial charge in [0.2, 0.25) is 0 Å². The van der Waals surface area contributed by atoms with Crippen LogP contribution in [0.3, 0.4) is 0 Å². The summed E-state index contributed by atoms with van der Waals surface area (Å²) < 4.78 is 4.64. The van der Waals surface area contributed by atoms with Crippen molar-refractivity contribution < 1.29 is 14.6 Å². The third-order valence-corrected chi connectivity index (χ3v) is 1.43. The van der Waals surface area contributed by atoms with Crippen LogP contribution in [0.2, 0.25) is 5.02 Å². The van der Waals surface area contributed by atoms with E-state index < -0.39 is 5.97 Å². The molecule has 1 heterocycles. The number of aromatic carboxylic acids is 1. The number of methoxy groups -OCH3 is 1.